The van der Waals surface area contributed by atoms with E-state index < -0.39 is 0 Å². The number of carbonyl (C=O) groups is 1. The quantitative estimate of drug-likeness (QED) is 0.397. The van der Waals surface area contributed by atoms with Gasteiger partial charge in [0.25, 0.3) is 0 Å². The summed E-state index contributed by atoms with van der Waals surface area (Å²) in [5, 5.41) is 2.10. The van der Waals surface area contributed by atoms with Gasteiger partial charge in [-0.3, -0.25) is 4.79 Å². The van der Waals surface area contributed by atoms with Crippen molar-refractivity contribution in [2.45, 2.75) is 20.8 Å². The molecule has 0 saturated carbocycles. The molecule has 2 heterocycles. The number of aryl methyl sites for hydroxylation is 2. The molecule has 0 saturated heterocycles. The van der Waals surface area contributed by atoms with Crippen LogP contribution in [0.3, 0.4) is 0 Å². The zero-order valence-corrected chi connectivity index (χ0v) is 15.3. The van der Waals surface area contributed by atoms with Gasteiger partial charge in [0.2, 0.25) is 11.5 Å². The number of rotatable bonds is 3. The second-order valence-electron chi connectivity index (χ2n) is 6.30. The van der Waals surface area contributed by atoms with Crippen molar-refractivity contribution in [3.05, 3.63) is 88.2 Å². The zero-order valence-electron chi connectivity index (χ0n) is 14.5. The molecule has 2 aromatic carbocycles. The number of nitrogens with zero attached hydrogens (tertiary/aromatic N) is 2. The fraction of sp³-hybridized carbons (Fsp3) is 0.143. The number of thiazole rings is 1. The van der Waals surface area contributed by atoms with Crippen LogP contribution in [0.4, 0.5) is 0 Å². The molecular weight excluding hydrogens is 328 g/mol. The second-order valence-corrected chi connectivity index (χ2v) is 7.13. The van der Waals surface area contributed by atoms with E-state index >= 15 is 0 Å². The number of fused-ring (bicyclic) bond motifs is 1. The molecule has 0 radical (unpaired) electrons. The van der Waals surface area contributed by atoms with Crippen LogP contribution in [0.1, 0.15) is 33.0 Å². The summed E-state index contributed by atoms with van der Waals surface area (Å²) >= 11 is 1.66. The van der Waals surface area contributed by atoms with Crippen molar-refractivity contribution in [2.75, 3.05) is 0 Å². The molecule has 0 atom stereocenters. The smallest absolute Gasteiger partial charge is 0.284 e. The molecule has 2 aromatic heterocycles. The van der Waals surface area contributed by atoms with Crippen LogP contribution in [0.2, 0.25) is 0 Å². The highest BCUT2D eigenvalue weighted by Gasteiger charge is 2.32. The number of imidazole rings is 1. The van der Waals surface area contributed by atoms with Gasteiger partial charge < -0.3 is 0 Å². The summed E-state index contributed by atoms with van der Waals surface area (Å²) in [7, 11) is 0. The number of ketones is 1. The van der Waals surface area contributed by atoms with E-state index in [1.54, 1.807) is 11.3 Å². The van der Waals surface area contributed by atoms with E-state index in [1.807, 2.05) is 63.2 Å². The molecule has 0 N–H and O–H groups in total. The Balaban J connectivity index is 1.98. The number of para-hydroxylation sites is 1. The Morgan fingerprint density at radius 2 is 1.64 bits per heavy atom. The minimum Gasteiger partial charge on any atom is -0.284 e. The molecule has 4 heteroatoms. The first-order chi connectivity index (χ1) is 12.1. The average molecular weight is 347 g/mol. The first-order valence-corrected chi connectivity index (χ1v) is 9.14. The van der Waals surface area contributed by atoms with E-state index in [0.29, 0.717) is 0 Å². The number of aromatic nitrogens is 2. The van der Waals surface area contributed by atoms with Gasteiger partial charge >= 0.3 is 4.96 Å². The van der Waals surface area contributed by atoms with Gasteiger partial charge in [0, 0.05) is 17.9 Å². The Morgan fingerprint density at radius 3 is 2.32 bits per heavy atom. The maximum absolute atomic E-state index is 13.3. The lowest BCUT2D eigenvalue weighted by molar-refractivity contribution is -0.571. The SMILES string of the molecule is Cc1ccc(C(=O)c2c(C)[n+](-c3ccccc3)c3scc(C)n23)cc1. The van der Waals surface area contributed by atoms with E-state index in [9.17, 15) is 4.79 Å². The van der Waals surface area contributed by atoms with Crippen LogP contribution in [0.15, 0.2) is 60.0 Å². The topological polar surface area (TPSA) is 25.4 Å². The molecule has 0 fully saturated rings. The average Bonchev–Trinajstić information content (AvgIpc) is 3.12. The van der Waals surface area contributed by atoms with Crippen LogP contribution in [-0.2, 0) is 0 Å². The summed E-state index contributed by atoms with van der Waals surface area (Å²) < 4.78 is 4.24. The van der Waals surface area contributed by atoms with Crippen molar-refractivity contribution in [3.63, 3.8) is 0 Å². The molecule has 3 nitrogen and oxygen atoms in total. The predicted molar refractivity (Wildman–Crippen MR) is 101 cm³/mol. The standard InChI is InChI=1S/C21H19N2OS/c1-14-9-11-17(12-10-14)20(24)19-16(3)23(18-7-5-4-6-8-18)21-22(19)15(2)13-25-21/h4-13H,1-3H3/q+1. The summed E-state index contributed by atoms with van der Waals surface area (Å²) in [4.78, 5) is 14.3. The molecule has 4 rings (SSSR count). The molecule has 124 valence electrons. The van der Waals surface area contributed by atoms with Crippen molar-refractivity contribution >= 4 is 22.1 Å². The first-order valence-electron chi connectivity index (χ1n) is 8.26. The van der Waals surface area contributed by atoms with Gasteiger partial charge in [-0.2, -0.15) is 8.97 Å². The van der Waals surface area contributed by atoms with E-state index in [2.05, 4.69) is 26.5 Å². The molecule has 25 heavy (non-hydrogen) atoms. The van der Waals surface area contributed by atoms with Gasteiger partial charge in [-0.15, -0.1) is 0 Å². The molecule has 0 aliphatic carbocycles. The third-order valence-corrected chi connectivity index (χ3v) is 5.55. The minimum atomic E-state index is 0.0590. The summed E-state index contributed by atoms with van der Waals surface area (Å²) in [5.74, 6) is 0.0590. The van der Waals surface area contributed by atoms with Crippen LogP contribution in [0.5, 0.6) is 0 Å². The van der Waals surface area contributed by atoms with Gasteiger partial charge in [-0.25, -0.2) is 0 Å². The molecular formula is C21H19N2OS+. The minimum absolute atomic E-state index is 0.0590. The fourth-order valence-corrected chi connectivity index (χ4v) is 4.29. The van der Waals surface area contributed by atoms with Gasteiger partial charge in [0.05, 0.1) is 0 Å². The predicted octanol–water partition coefficient (Wildman–Crippen LogP) is 4.43. The summed E-state index contributed by atoms with van der Waals surface area (Å²) in [6.07, 6.45) is 0. The highest BCUT2D eigenvalue weighted by Crippen LogP contribution is 2.23. The first kappa shape index (κ1) is 15.8. The molecule has 0 aliphatic heterocycles. The van der Waals surface area contributed by atoms with Crippen LogP contribution in [0.25, 0.3) is 10.6 Å². The monoisotopic (exact) mass is 347 g/mol. The third-order valence-electron chi connectivity index (χ3n) is 4.52. The third kappa shape index (κ3) is 2.50. The van der Waals surface area contributed by atoms with E-state index in [4.69, 9.17) is 0 Å². The fourth-order valence-electron chi connectivity index (χ4n) is 3.22. The number of carbonyl (C=O) groups excluding carboxylic acids is 1. The number of hydrogen-bond acceptors (Lipinski definition) is 2. The second kappa shape index (κ2) is 5.97. The van der Waals surface area contributed by atoms with Crippen LogP contribution < -0.4 is 4.57 Å². The zero-order chi connectivity index (χ0) is 17.6. The lowest BCUT2D eigenvalue weighted by Gasteiger charge is -2.01. The molecule has 0 amide bonds. The maximum atomic E-state index is 13.3. The Kier molecular flexibility index (Phi) is 3.77. The number of hydrogen-bond donors (Lipinski definition) is 0. The highest BCUT2D eigenvalue weighted by atomic mass is 32.1. The Morgan fingerprint density at radius 1 is 0.960 bits per heavy atom. The summed E-state index contributed by atoms with van der Waals surface area (Å²) in [5.41, 5.74) is 5.72. The van der Waals surface area contributed by atoms with Crippen LogP contribution in [-0.4, -0.2) is 10.2 Å². The molecule has 0 bridgehead atoms. The molecule has 0 unspecified atom stereocenters. The highest BCUT2D eigenvalue weighted by molar-refractivity contribution is 7.14. The van der Waals surface area contributed by atoms with Gasteiger partial charge in [0.1, 0.15) is 11.4 Å². The lowest BCUT2D eigenvalue weighted by Crippen LogP contribution is -2.32. The van der Waals surface area contributed by atoms with Crippen molar-refractivity contribution in [2.24, 2.45) is 0 Å². The van der Waals surface area contributed by atoms with Crippen molar-refractivity contribution in [1.82, 2.24) is 4.40 Å². The normalized spacial score (nSPS) is 11.2. The van der Waals surface area contributed by atoms with E-state index in [1.165, 1.54) is 0 Å². The van der Waals surface area contributed by atoms with Gasteiger partial charge in [-0.05, 0) is 26.0 Å². The van der Waals surface area contributed by atoms with Crippen molar-refractivity contribution < 1.29 is 9.36 Å². The summed E-state index contributed by atoms with van der Waals surface area (Å²) in [6, 6.07) is 18.0. The van der Waals surface area contributed by atoms with E-state index in [0.717, 1.165) is 38.9 Å². The Hall–Kier alpha value is -2.72. The Labute approximate surface area is 150 Å². The molecule has 4 aromatic rings. The Bertz CT molecular complexity index is 1070. The van der Waals surface area contributed by atoms with Crippen LogP contribution in [0, 0.1) is 20.8 Å². The molecule has 0 spiro atoms. The largest absolute Gasteiger partial charge is 0.351 e. The van der Waals surface area contributed by atoms with Crippen LogP contribution >= 0.6 is 11.3 Å². The molecule has 0 aliphatic rings. The number of benzene rings is 2. The summed E-state index contributed by atoms with van der Waals surface area (Å²) in [6.45, 7) is 6.10. The van der Waals surface area contributed by atoms with E-state index in [-0.39, 0.29) is 5.78 Å². The van der Waals surface area contributed by atoms with Crippen molar-refractivity contribution in [1.29, 1.82) is 0 Å². The lowest BCUT2D eigenvalue weighted by atomic mass is 10.1. The van der Waals surface area contributed by atoms with Gasteiger partial charge in [-0.1, -0.05) is 59.4 Å². The maximum Gasteiger partial charge on any atom is 0.351 e. The van der Waals surface area contributed by atoms with Gasteiger partial charge in [0.15, 0.2) is 5.69 Å². The van der Waals surface area contributed by atoms with Crippen molar-refractivity contribution in [3.8, 4) is 5.69 Å².